The van der Waals surface area contributed by atoms with E-state index in [0.717, 1.165) is 13.1 Å². The first kappa shape index (κ1) is 7.34. The van der Waals surface area contributed by atoms with Gasteiger partial charge in [-0.15, -0.1) is 0 Å². The van der Waals surface area contributed by atoms with E-state index >= 15 is 0 Å². The predicted molar refractivity (Wildman–Crippen MR) is 54.6 cm³/mol. The smallest absolute Gasteiger partial charge is 0.0211 e. The summed E-state index contributed by atoms with van der Waals surface area (Å²) in [5.41, 5.74) is 6.25. The van der Waals surface area contributed by atoms with Crippen molar-refractivity contribution in [1.29, 1.82) is 0 Å². The largest absolute Gasteiger partial charge is 0.312 e. The summed E-state index contributed by atoms with van der Waals surface area (Å²) in [7, 11) is 0. The molecule has 1 aromatic carbocycles. The minimum absolute atomic E-state index is 1.08. The van der Waals surface area contributed by atoms with Crippen molar-refractivity contribution in [2.45, 2.75) is 12.8 Å². The molecular formula is C12H13N. The summed E-state index contributed by atoms with van der Waals surface area (Å²) in [6, 6.07) is 8.80. The van der Waals surface area contributed by atoms with Gasteiger partial charge in [-0.1, -0.05) is 29.8 Å². The van der Waals surface area contributed by atoms with Gasteiger partial charge in [0.15, 0.2) is 0 Å². The van der Waals surface area contributed by atoms with Gasteiger partial charge in [-0.2, -0.15) is 0 Å². The molecule has 2 aliphatic rings. The quantitative estimate of drug-likeness (QED) is 0.629. The highest BCUT2D eigenvalue weighted by Gasteiger charge is 2.22. The Labute approximate surface area is 78.5 Å². The Morgan fingerprint density at radius 3 is 3.08 bits per heavy atom. The van der Waals surface area contributed by atoms with Crippen LogP contribution in [0.1, 0.15) is 17.5 Å². The molecule has 1 aliphatic heterocycles. The third-order valence-electron chi connectivity index (χ3n) is 3.08. The molecule has 0 bridgehead atoms. The standard InChI is InChI=1S/C12H13N/c1-2-4-11-9(3-1)7-10-5-6-13-8-12(10)11/h1-4,13H,5-8H2. The Morgan fingerprint density at radius 2 is 2.08 bits per heavy atom. The van der Waals surface area contributed by atoms with E-state index in [4.69, 9.17) is 0 Å². The molecule has 0 unspecified atom stereocenters. The molecule has 0 spiro atoms. The number of hydrogen-bond donors (Lipinski definition) is 1. The maximum atomic E-state index is 3.44. The number of benzene rings is 1. The van der Waals surface area contributed by atoms with Gasteiger partial charge in [0.1, 0.15) is 0 Å². The van der Waals surface area contributed by atoms with Crippen LogP contribution in [0.2, 0.25) is 0 Å². The minimum Gasteiger partial charge on any atom is -0.312 e. The molecule has 0 atom stereocenters. The summed E-state index contributed by atoms with van der Waals surface area (Å²) in [5, 5.41) is 3.44. The topological polar surface area (TPSA) is 12.0 Å². The SMILES string of the molecule is c1ccc2c(c1)CC1=C2CNCC1. The zero-order valence-corrected chi connectivity index (χ0v) is 7.64. The van der Waals surface area contributed by atoms with Gasteiger partial charge in [0.05, 0.1) is 0 Å². The highest BCUT2D eigenvalue weighted by molar-refractivity contribution is 5.78. The second-order valence-corrected chi connectivity index (χ2v) is 3.84. The molecule has 3 rings (SSSR count). The highest BCUT2D eigenvalue weighted by atomic mass is 14.9. The Balaban J connectivity index is 2.12. The van der Waals surface area contributed by atoms with E-state index in [0.29, 0.717) is 0 Å². The number of hydrogen-bond acceptors (Lipinski definition) is 1. The van der Waals surface area contributed by atoms with Gasteiger partial charge in [0.2, 0.25) is 0 Å². The monoisotopic (exact) mass is 171 g/mol. The van der Waals surface area contributed by atoms with Crippen molar-refractivity contribution in [3.8, 4) is 0 Å². The lowest BCUT2D eigenvalue weighted by Gasteiger charge is -2.15. The highest BCUT2D eigenvalue weighted by Crippen LogP contribution is 2.34. The van der Waals surface area contributed by atoms with Crippen LogP contribution in [-0.4, -0.2) is 13.1 Å². The Kier molecular flexibility index (Phi) is 1.53. The van der Waals surface area contributed by atoms with Crippen LogP contribution in [0.25, 0.3) is 5.57 Å². The maximum Gasteiger partial charge on any atom is 0.0211 e. The zero-order chi connectivity index (χ0) is 8.67. The summed E-state index contributed by atoms with van der Waals surface area (Å²) in [4.78, 5) is 0. The van der Waals surface area contributed by atoms with Crippen LogP contribution in [0.4, 0.5) is 0 Å². The van der Waals surface area contributed by atoms with Crippen molar-refractivity contribution in [2.24, 2.45) is 0 Å². The summed E-state index contributed by atoms with van der Waals surface area (Å²) >= 11 is 0. The van der Waals surface area contributed by atoms with Crippen LogP contribution in [0.3, 0.4) is 0 Å². The Morgan fingerprint density at radius 1 is 1.15 bits per heavy atom. The molecule has 1 heterocycles. The Hall–Kier alpha value is -1.08. The molecule has 0 radical (unpaired) electrons. The fourth-order valence-corrected chi connectivity index (χ4v) is 2.41. The van der Waals surface area contributed by atoms with Crippen molar-refractivity contribution in [3.63, 3.8) is 0 Å². The second-order valence-electron chi connectivity index (χ2n) is 3.84. The van der Waals surface area contributed by atoms with Crippen molar-refractivity contribution in [1.82, 2.24) is 5.32 Å². The summed E-state index contributed by atoms with van der Waals surface area (Å²) in [6.07, 6.45) is 2.44. The molecule has 1 aliphatic carbocycles. The molecular weight excluding hydrogens is 158 g/mol. The van der Waals surface area contributed by atoms with Crippen LogP contribution < -0.4 is 5.32 Å². The summed E-state index contributed by atoms with van der Waals surface area (Å²) in [6.45, 7) is 2.24. The maximum absolute atomic E-state index is 3.44. The molecule has 1 nitrogen and oxygen atoms in total. The second kappa shape index (κ2) is 2.71. The number of fused-ring (bicyclic) bond motifs is 2. The lowest BCUT2D eigenvalue weighted by Crippen LogP contribution is -2.22. The predicted octanol–water partition coefficient (Wildman–Crippen LogP) is 1.99. The molecule has 0 saturated heterocycles. The van der Waals surface area contributed by atoms with E-state index in [1.54, 1.807) is 11.1 Å². The molecule has 13 heavy (non-hydrogen) atoms. The molecule has 66 valence electrons. The van der Waals surface area contributed by atoms with Crippen molar-refractivity contribution in [2.75, 3.05) is 13.1 Å². The average Bonchev–Trinajstić information content (AvgIpc) is 2.56. The molecule has 1 heteroatoms. The van der Waals surface area contributed by atoms with Crippen molar-refractivity contribution >= 4 is 5.57 Å². The molecule has 0 amide bonds. The fraction of sp³-hybridized carbons (Fsp3) is 0.333. The van der Waals surface area contributed by atoms with E-state index in [1.807, 2.05) is 0 Å². The number of nitrogens with one attached hydrogen (secondary N) is 1. The van der Waals surface area contributed by atoms with Crippen molar-refractivity contribution in [3.05, 3.63) is 41.0 Å². The fourth-order valence-electron chi connectivity index (χ4n) is 2.41. The van der Waals surface area contributed by atoms with Crippen LogP contribution in [0.5, 0.6) is 0 Å². The molecule has 1 N–H and O–H groups in total. The first-order valence-electron chi connectivity index (χ1n) is 4.95. The van der Waals surface area contributed by atoms with Crippen LogP contribution in [0, 0.1) is 0 Å². The molecule has 0 aromatic heterocycles. The van der Waals surface area contributed by atoms with Gasteiger partial charge in [0, 0.05) is 6.54 Å². The van der Waals surface area contributed by atoms with Gasteiger partial charge in [-0.25, -0.2) is 0 Å². The van der Waals surface area contributed by atoms with E-state index < -0.39 is 0 Å². The molecule has 0 fully saturated rings. The minimum atomic E-state index is 1.08. The normalized spacial score (nSPS) is 20.0. The lowest BCUT2D eigenvalue weighted by molar-refractivity contribution is 0.712. The van der Waals surface area contributed by atoms with Crippen LogP contribution >= 0.6 is 0 Å². The molecule has 0 saturated carbocycles. The molecule has 1 aromatic rings. The third kappa shape index (κ3) is 1.04. The van der Waals surface area contributed by atoms with Crippen LogP contribution in [0.15, 0.2) is 29.8 Å². The summed E-state index contributed by atoms with van der Waals surface area (Å²) < 4.78 is 0. The van der Waals surface area contributed by atoms with Gasteiger partial charge in [-0.05, 0) is 36.1 Å². The zero-order valence-electron chi connectivity index (χ0n) is 7.64. The van der Waals surface area contributed by atoms with E-state index in [1.165, 1.54) is 24.0 Å². The summed E-state index contributed by atoms with van der Waals surface area (Å²) in [5.74, 6) is 0. The first-order valence-corrected chi connectivity index (χ1v) is 4.95. The van der Waals surface area contributed by atoms with Gasteiger partial charge >= 0.3 is 0 Å². The Bertz CT molecular complexity index is 376. The van der Waals surface area contributed by atoms with E-state index in [2.05, 4.69) is 29.6 Å². The van der Waals surface area contributed by atoms with Crippen molar-refractivity contribution < 1.29 is 0 Å². The average molecular weight is 171 g/mol. The van der Waals surface area contributed by atoms with Gasteiger partial charge in [0.25, 0.3) is 0 Å². The van der Waals surface area contributed by atoms with Crippen LogP contribution in [-0.2, 0) is 6.42 Å². The van der Waals surface area contributed by atoms with Gasteiger partial charge in [-0.3, -0.25) is 0 Å². The van der Waals surface area contributed by atoms with E-state index in [-0.39, 0.29) is 0 Å². The first-order chi connectivity index (χ1) is 6.45. The third-order valence-corrected chi connectivity index (χ3v) is 3.08. The van der Waals surface area contributed by atoms with E-state index in [9.17, 15) is 0 Å². The lowest BCUT2D eigenvalue weighted by atomic mass is 10.0. The van der Waals surface area contributed by atoms with Gasteiger partial charge < -0.3 is 5.32 Å². The number of rotatable bonds is 0.